The van der Waals surface area contributed by atoms with E-state index in [9.17, 15) is 5.11 Å². The minimum absolute atomic E-state index is 0.269. The molecule has 1 rings (SSSR count). The molecule has 1 aromatic rings. The average molecular weight is 201 g/mol. The van der Waals surface area contributed by atoms with Gasteiger partial charge in [-0.1, -0.05) is 6.92 Å². The zero-order valence-corrected chi connectivity index (χ0v) is 8.97. The second-order valence-corrected chi connectivity index (χ2v) is 4.15. The Bertz CT molecular complexity index is 260. The van der Waals surface area contributed by atoms with Crippen LogP contribution in [0.2, 0.25) is 0 Å². The maximum atomic E-state index is 9.30. The molecule has 2 atom stereocenters. The molecule has 1 heterocycles. The molecule has 3 nitrogen and oxygen atoms in total. The fourth-order valence-electron chi connectivity index (χ4n) is 0.974. The molecule has 0 aliphatic carbocycles. The van der Waals surface area contributed by atoms with E-state index in [1.807, 2.05) is 19.9 Å². The lowest BCUT2D eigenvalue weighted by Crippen LogP contribution is -2.14. The van der Waals surface area contributed by atoms with Gasteiger partial charge in [0.2, 0.25) is 5.88 Å². The third-order valence-corrected chi connectivity index (χ3v) is 2.88. The SMILES string of the molecule is COc1cc(CC(C)C(C)O)sn1. The number of aromatic nitrogens is 1. The van der Waals surface area contributed by atoms with Gasteiger partial charge in [-0.15, -0.1) is 0 Å². The minimum Gasteiger partial charge on any atom is -0.480 e. The van der Waals surface area contributed by atoms with Crippen molar-refractivity contribution in [3.05, 3.63) is 10.9 Å². The Morgan fingerprint density at radius 1 is 1.62 bits per heavy atom. The van der Waals surface area contributed by atoms with Gasteiger partial charge in [-0.05, 0) is 30.8 Å². The maximum absolute atomic E-state index is 9.30. The highest BCUT2D eigenvalue weighted by Gasteiger charge is 2.11. The Morgan fingerprint density at radius 2 is 2.31 bits per heavy atom. The lowest BCUT2D eigenvalue weighted by atomic mass is 10.0. The average Bonchev–Trinajstić information content (AvgIpc) is 2.52. The van der Waals surface area contributed by atoms with Crippen LogP contribution in [-0.4, -0.2) is 22.7 Å². The summed E-state index contributed by atoms with van der Waals surface area (Å²) in [6.07, 6.45) is 0.590. The number of aliphatic hydroxyl groups is 1. The topological polar surface area (TPSA) is 42.4 Å². The first-order valence-corrected chi connectivity index (χ1v) is 5.08. The normalized spacial score (nSPS) is 15.4. The zero-order chi connectivity index (χ0) is 9.84. The van der Waals surface area contributed by atoms with Crippen LogP contribution >= 0.6 is 11.5 Å². The van der Waals surface area contributed by atoms with E-state index in [1.165, 1.54) is 11.5 Å². The van der Waals surface area contributed by atoms with Crippen molar-refractivity contribution >= 4 is 11.5 Å². The standard InChI is InChI=1S/C9H15NO2S/c1-6(7(2)11)4-8-5-9(12-3)10-13-8/h5-7,11H,4H2,1-3H3. The van der Waals surface area contributed by atoms with Gasteiger partial charge in [-0.3, -0.25) is 0 Å². The van der Waals surface area contributed by atoms with Crippen molar-refractivity contribution in [3.63, 3.8) is 0 Å². The highest BCUT2D eigenvalue weighted by atomic mass is 32.1. The van der Waals surface area contributed by atoms with Gasteiger partial charge in [-0.25, -0.2) is 0 Å². The molecule has 0 fully saturated rings. The molecule has 0 aliphatic heterocycles. The van der Waals surface area contributed by atoms with Crippen LogP contribution in [0.4, 0.5) is 0 Å². The van der Waals surface area contributed by atoms with Crippen molar-refractivity contribution in [3.8, 4) is 5.88 Å². The highest BCUT2D eigenvalue weighted by Crippen LogP contribution is 2.20. The second kappa shape index (κ2) is 4.58. The summed E-state index contributed by atoms with van der Waals surface area (Å²) in [4.78, 5) is 1.16. The Hall–Kier alpha value is -0.610. The van der Waals surface area contributed by atoms with Gasteiger partial charge in [0, 0.05) is 10.9 Å². The third-order valence-electron chi connectivity index (χ3n) is 2.09. The van der Waals surface area contributed by atoms with Crippen molar-refractivity contribution in [2.45, 2.75) is 26.4 Å². The van der Waals surface area contributed by atoms with Crippen molar-refractivity contribution in [1.29, 1.82) is 0 Å². The Kier molecular flexibility index (Phi) is 3.69. The third kappa shape index (κ3) is 2.97. The van der Waals surface area contributed by atoms with Crippen LogP contribution in [0, 0.1) is 5.92 Å². The van der Waals surface area contributed by atoms with Gasteiger partial charge in [-0.2, -0.15) is 4.37 Å². The molecule has 0 aromatic carbocycles. The lowest BCUT2D eigenvalue weighted by Gasteiger charge is -2.12. The Balaban J connectivity index is 2.53. The first-order valence-electron chi connectivity index (χ1n) is 4.31. The smallest absolute Gasteiger partial charge is 0.225 e. The maximum Gasteiger partial charge on any atom is 0.225 e. The van der Waals surface area contributed by atoms with E-state index in [2.05, 4.69) is 4.37 Å². The summed E-state index contributed by atoms with van der Waals surface area (Å²) in [5.74, 6) is 0.933. The fourth-order valence-corrected chi connectivity index (χ4v) is 1.80. The van der Waals surface area contributed by atoms with Gasteiger partial charge in [0.25, 0.3) is 0 Å². The monoisotopic (exact) mass is 201 g/mol. The molecule has 0 saturated carbocycles. The Labute approximate surface area is 82.5 Å². The number of aliphatic hydroxyl groups excluding tert-OH is 1. The van der Waals surface area contributed by atoms with Crippen molar-refractivity contribution in [2.75, 3.05) is 7.11 Å². The fraction of sp³-hybridized carbons (Fsp3) is 0.667. The van der Waals surface area contributed by atoms with Crippen LogP contribution in [0.15, 0.2) is 6.07 Å². The molecule has 2 unspecified atom stereocenters. The van der Waals surface area contributed by atoms with E-state index in [0.29, 0.717) is 5.88 Å². The summed E-state index contributed by atoms with van der Waals surface area (Å²) in [5.41, 5.74) is 0. The predicted molar refractivity (Wildman–Crippen MR) is 53.2 cm³/mol. The van der Waals surface area contributed by atoms with E-state index in [0.717, 1.165) is 11.3 Å². The van der Waals surface area contributed by atoms with Gasteiger partial charge in [0.05, 0.1) is 13.2 Å². The predicted octanol–water partition coefficient (Wildman–Crippen LogP) is 1.71. The van der Waals surface area contributed by atoms with E-state index < -0.39 is 0 Å². The molecule has 0 bridgehead atoms. The number of hydrogen-bond donors (Lipinski definition) is 1. The number of ether oxygens (including phenoxy) is 1. The molecule has 0 spiro atoms. The summed E-state index contributed by atoms with van der Waals surface area (Å²) in [6.45, 7) is 3.83. The summed E-state index contributed by atoms with van der Waals surface area (Å²) >= 11 is 1.43. The van der Waals surface area contributed by atoms with Gasteiger partial charge in [0.1, 0.15) is 0 Å². The quantitative estimate of drug-likeness (QED) is 0.806. The first-order chi connectivity index (χ1) is 6.13. The molecular weight excluding hydrogens is 186 g/mol. The second-order valence-electron chi connectivity index (χ2n) is 3.26. The van der Waals surface area contributed by atoms with E-state index >= 15 is 0 Å². The van der Waals surface area contributed by atoms with Gasteiger partial charge in [0.15, 0.2) is 0 Å². The summed E-state index contributed by atoms with van der Waals surface area (Å²) in [7, 11) is 1.61. The number of rotatable bonds is 4. The van der Waals surface area contributed by atoms with Crippen LogP contribution in [0.25, 0.3) is 0 Å². The Morgan fingerprint density at radius 3 is 2.77 bits per heavy atom. The van der Waals surface area contributed by atoms with Crippen LogP contribution in [-0.2, 0) is 6.42 Å². The van der Waals surface area contributed by atoms with Crippen molar-refractivity contribution in [2.24, 2.45) is 5.92 Å². The summed E-state index contributed by atoms with van der Waals surface area (Å²) in [6, 6.07) is 1.92. The number of nitrogens with zero attached hydrogens (tertiary/aromatic N) is 1. The highest BCUT2D eigenvalue weighted by molar-refractivity contribution is 7.05. The molecule has 74 valence electrons. The lowest BCUT2D eigenvalue weighted by molar-refractivity contribution is 0.135. The van der Waals surface area contributed by atoms with E-state index in [4.69, 9.17) is 4.74 Å². The molecule has 1 aromatic heterocycles. The molecule has 1 N–H and O–H groups in total. The van der Waals surface area contributed by atoms with Crippen LogP contribution in [0.5, 0.6) is 5.88 Å². The molecule has 0 radical (unpaired) electrons. The van der Waals surface area contributed by atoms with Gasteiger partial charge < -0.3 is 9.84 Å². The van der Waals surface area contributed by atoms with Crippen molar-refractivity contribution < 1.29 is 9.84 Å². The van der Waals surface area contributed by atoms with Crippen LogP contribution < -0.4 is 4.74 Å². The molecular formula is C9H15NO2S. The van der Waals surface area contributed by atoms with Crippen molar-refractivity contribution in [1.82, 2.24) is 4.37 Å². The van der Waals surface area contributed by atoms with E-state index in [1.54, 1.807) is 7.11 Å². The summed E-state index contributed by atoms with van der Waals surface area (Å²) < 4.78 is 9.06. The number of hydrogen-bond acceptors (Lipinski definition) is 4. The molecule has 13 heavy (non-hydrogen) atoms. The molecule has 0 aliphatic rings. The molecule has 4 heteroatoms. The molecule has 0 saturated heterocycles. The van der Waals surface area contributed by atoms with Crippen LogP contribution in [0.1, 0.15) is 18.7 Å². The zero-order valence-electron chi connectivity index (χ0n) is 8.15. The van der Waals surface area contributed by atoms with Crippen LogP contribution in [0.3, 0.4) is 0 Å². The molecule has 0 amide bonds. The summed E-state index contributed by atoms with van der Waals surface area (Å²) in [5, 5.41) is 9.30. The van der Waals surface area contributed by atoms with Gasteiger partial charge >= 0.3 is 0 Å². The first kappa shape index (κ1) is 10.5. The number of methoxy groups -OCH3 is 1. The minimum atomic E-state index is -0.270. The van der Waals surface area contributed by atoms with E-state index in [-0.39, 0.29) is 12.0 Å². The largest absolute Gasteiger partial charge is 0.480 e.